The van der Waals surface area contributed by atoms with Gasteiger partial charge in [-0.05, 0) is 25.3 Å². The summed E-state index contributed by atoms with van der Waals surface area (Å²) in [5, 5.41) is 10.9. The van der Waals surface area contributed by atoms with Crippen molar-refractivity contribution in [1.82, 2.24) is 19.7 Å². The maximum atomic E-state index is 12.5. The van der Waals surface area contributed by atoms with E-state index in [2.05, 4.69) is 20.5 Å². The summed E-state index contributed by atoms with van der Waals surface area (Å²) in [6.45, 7) is 2.79. The molecule has 7 heteroatoms. The Kier molecular flexibility index (Phi) is 4.66. The van der Waals surface area contributed by atoms with Crippen LogP contribution in [-0.4, -0.2) is 38.4 Å². The maximum absolute atomic E-state index is 12.5. The van der Waals surface area contributed by atoms with E-state index in [4.69, 9.17) is 4.74 Å². The molecular weight excluding hydrogens is 294 g/mol. The Hall–Kier alpha value is -2.28. The van der Waals surface area contributed by atoms with Crippen LogP contribution in [0.5, 0.6) is 0 Å². The Labute approximate surface area is 135 Å². The van der Waals surface area contributed by atoms with Crippen molar-refractivity contribution in [2.24, 2.45) is 13.0 Å². The number of carbonyl (C=O) groups excluding carboxylic acids is 1. The van der Waals surface area contributed by atoms with Crippen molar-refractivity contribution in [2.45, 2.75) is 32.3 Å². The number of nitrogens with zero attached hydrogens (tertiary/aromatic N) is 4. The van der Waals surface area contributed by atoms with E-state index in [-0.39, 0.29) is 17.9 Å². The van der Waals surface area contributed by atoms with Crippen molar-refractivity contribution >= 4 is 11.6 Å². The van der Waals surface area contributed by atoms with E-state index < -0.39 is 0 Å². The number of carbonyl (C=O) groups is 1. The number of aromatic nitrogens is 4. The van der Waals surface area contributed by atoms with E-state index in [9.17, 15) is 4.79 Å². The zero-order valence-electron chi connectivity index (χ0n) is 13.4. The largest absolute Gasteiger partial charge is 0.377 e. The normalized spacial score (nSPS) is 21.1. The molecule has 0 spiro atoms. The molecule has 1 fully saturated rings. The SMILES string of the molecule is CCC1OCCCC1C(=O)Nc1cncc(-c2nncn2C)c1. The van der Waals surface area contributed by atoms with Gasteiger partial charge in [-0.1, -0.05) is 6.92 Å². The third-order valence-corrected chi connectivity index (χ3v) is 4.15. The first-order valence-corrected chi connectivity index (χ1v) is 7.91. The second-order valence-corrected chi connectivity index (χ2v) is 5.78. The van der Waals surface area contributed by atoms with Crippen LogP contribution in [0, 0.1) is 5.92 Å². The van der Waals surface area contributed by atoms with Gasteiger partial charge in [-0.25, -0.2) is 0 Å². The number of hydrogen-bond donors (Lipinski definition) is 1. The molecule has 2 unspecified atom stereocenters. The zero-order chi connectivity index (χ0) is 16.2. The predicted molar refractivity (Wildman–Crippen MR) is 85.6 cm³/mol. The fraction of sp³-hybridized carbons (Fsp3) is 0.500. The van der Waals surface area contributed by atoms with Gasteiger partial charge in [0.1, 0.15) is 6.33 Å². The monoisotopic (exact) mass is 315 g/mol. The molecule has 3 rings (SSSR count). The van der Waals surface area contributed by atoms with E-state index in [1.54, 1.807) is 18.7 Å². The summed E-state index contributed by atoms with van der Waals surface area (Å²) in [4.78, 5) is 16.7. The summed E-state index contributed by atoms with van der Waals surface area (Å²) in [6.07, 6.45) is 7.60. The molecule has 2 aromatic heterocycles. The van der Waals surface area contributed by atoms with Gasteiger partial charge < -0.3 is 14.6 Å². The van der Waals surface area contributed by atoms with E-state index in [1.165, 1.54) is 0 Å². The Morgan fingerprint density at radius 2 is 2.35 bits per heavy atom. The lowest BCUT2D eigenvalue weighted by molar-refractivity contribution is -0.129. The van der Waals surface area contributed by atoms with Crippen LogP contribution >= 0.6 is 0 Å². The Morgan fingerprint density at radius 1 is 1.48 bits per heavy atom. The zero-order valence-corrected chi connectivity index (χ0v) is 13.4. The van der Waals surface area contributed by atoms with Gasteiger partial charge in [-0.2, -0.15) is 0 Å². The van der Waals surface area contributed by atoms with Gasteiger partial charge in [0.05, 0.1) is 23.9 Å². The van der Waals surface area contributed by atoms with E-state index in [0.29, 0.717) is 11.5 Å². The van der Waals surface area contributed by atoms with Crippen molar-refractivity contribution in [3.8, 4) is 11.4 Å². The molecular formula is C16H21N5O2. The highest BCUT2D eigenvalue weighted by Crippen LogP contribution is 2.25. The maximum Gasteiger partial charge on any atom is 0.230 e. The minimum atomic E-state index is -0.104. The molecule has 1 aliphatic heterocycles. The number of amides is 1. The Morgan fingerprint density at radius 3 is 3.09 bits per heavy atom. The van der Waals surface area contributed by atoms with Crippen LogP contribution in [0.2, 0.25) is 0 Å². The van der Waals surface area contributed by atoms with Crippen molar-refractivity contribution in [1.29, 1.82) is 0 Å². The predicted octanol–water partition coefficient (Wildman–Crippen LogP) is 2.02. The fourth-order valence-corrected chi connectivity index (χ4v) is 2.95. The molecule has 2 aromatic rings. The number of hydrogen-bond acceptors (Lipinski definition) is 5. The molecule has 1 aliphatic rings. The van der Waals surface area contributed by atoms with Gasteiger partial charge in [0.25, 0.3) is 0 Å². The van der Waals surface area contributed by atoms with Crippen LogP contribution in [0.3, 0.4) is 0 Å². The van der Waals surface area contributed by atoms with E-state index in [0.717, 1.165) is 31.4 Å². The molecule has 3 heterocycles. The van der Waals surface area contributed by atoms with Crippen LogP contribution in [0.1, 0.15) is 26.2 Å². The van der Waals surface area contributed by atoms with E-state index >= 15 is 0 Å². The van der Waals surface area contributed by atoms with Crippen molar-refractivity contribution < 1.29 is 9.53 Å². The van der Waals surface area contributed by atoms with Crippen LogP contribution in [0.25, 0.3) is 11.4 Å². The highest BCUT2D eigenvalue weighted by Gasteiger charge is 2.30. The molecule has 1 saturated heterocycles. The second-order valence-electron chi connectivity index (χ2n) is 5.78. The van der Waals surface area contributed by atoms with Gasteiger partial charge in [0.15, 0.2) is 5.82 Å². The minimum Gasteiger partial charge on any atom is -0.377 e. The number of anilines is 1. The molecule has 0 saturated carbocycles. The van der Waals surface area contributed by atoms with Crippen LogP contribution in [0.4, 0.5) is 5.69 Å². The Bertz CT molecular complexity index is 685. The molecule has 0 aliphatic carbocycles. The summed E-state index contributed by atoms with van der Waals surface area (Å²) >= 11 is 0. The van der Waals surface area contributed by atoms with Gasteiger partial charge in [0.2, 0.25) is 5.91 Å². The first kappa shape index (κ1) is 15.6. The molecule has 0 radical (unpaired) electrons. The number of pyridine rings is 1. The molecule has 0 bridgehead atoms. The molecule has 23 heavy (non-hydrogen) atoms. The molecule has 0 aromatic carbocycles. The van der Waals surface area contributed by atoms with Crippen LogP contribution in [0.15, 0.2) is 24.8 Å². The lowest BCUT2D eigenvalue weighted by Gasteiger charge is -2.30. The summed E-state index contributed by atoms with van der Waals surface area (Å²) in [5.74, 6) is 0.599. The highest BCUT2D eigenvalue weighted by molar-refractivity contribution is 5.93. The summed E-state index contributed by atoms with van der Waals surface area (Å²) in [5.41, 5.74) is 1.48. The third-order valence-electron chi connectivity index (χ3n) is 4.15. The van der Waals surface area contributed by atoms with Crippen LogP contribution < -0.4 is 5.32 Å². The third kappa shape index (κ3) is 3.39. The van der Waals surface area contributed by atoms with Crippen molar-refractivity contribution in [3.05, 3.63) is 24.8 Å². The van der Waals surface area contributed by atoms with Crippen molar-refractivity contribution in [2.75, 3.05) is 11.9 Å². The molecule has 1 N–H and O–H groups in total. The fourth-order valence-electron chi connectivity index (χ4n) is 2.95. The van der Waals surface area contributed by atoms with Gasteiger partial charge in [0, 0.05) is 25.4 Å². The lowest BCUT2D eigenvalue weighted by Crippen LogP contribution is -2.37. The van der Waals surface area contributed by atoms with E-state index in [1.807, 2.05) is 24.6 Å². The quantitative estimate of drug-likeness (QED) is 0.933. The average Bonchev–Trinajstić information content (AvgIpc) is 3.01. The molecule has 122 valence electrons. The Balaban J connectivity index is 1.75. The number of nitrogens with one attached hydrogen (secondary N) is 1. The summed E-state index contributed by atoms with van der Waals surface area (Å²) in [7, 11) is 1.87. The topological polar surface area (TPSA) is 81.9 Å². The first-order chi connectivity index (χ1) is 11.2. The second kappa shape index (κ2) is 6.87. The standard InChI is InChI=1S/C16H21N5O2/c1-3-14-13(5-4-6-23-14)16(22)19-12-7-11(8-17-9-12)15-20-18-10-21(15)2/h7-10,13-14H,3-6H2,1-2H3,(H,19,22). The summed E-state index contributed by atoms with van der Waals surface area (Å²) < 4.78 is 7.51. The lowest BCUT2D eigenvalue weighted by atomic mass is 9.92. The average molecular weight is 315 g/mol. The molecule has 2 atom stereocenters. The molecule has 1 amide bonds. The number of ether oxygens (including phenoxy) is 1. The highest BCUT2D eigenvalue weighted by atomic mass is 16.5. The summed E-state index contributed by atoms with van der Waals surface area (Å²) in [6, 6.07) is 1.86. The van der Waals surface area contributed by atoms with Crippen molar-refractivity contribution in [3.63, 3.8) is 0 Å². The van der Waals surface area contributed by atoms with Crippen LogP contribution in [-0.2, 0) is 16.6 Å². The number of aryl methyl sites for hydroxylation is 1. The van der Waals surface area contributed by atoms with Gasteiger partial charge in [-0.3, -0.25) is 9.78 Å². The van der Waals surface area contributed by atoms with Gasteiger partial charge in [-0.15, -0.1) is 10.2 Å². The first-order valence-electron chi connectivity index (χ1n) is 7.91. The number of rotatable bonds is 4. The smallest absolute Gasteiger partial charge is 0.230 e. The minimum absolute atomic E-state index is 0.00127. The molecule has 7 nitrogen and oxygen atoms in total. The van der Waals surface area contributed by atoms with Gasteiger partial charge >= 0.3 is 0 Å².